The molecule has 0 fully saturated rings. The van der Waals surface area contributed by atoms with E-state index in [1.165, 1.54) is 405 Å². The number of hydrogen-bond donors (Lipinski definition) is 3. The van der Waals surface area contributed by atoms with Crippen molar-refractivity contribution in [3.63, 3.8) is 0 Å². The summed E-state index contributed by atoms with van der Waals surface area (Å²) >= 11 is 0. The van der Waals surface area contributed by atoms with Gasteiger partial charge in [0.2, 0.25) is 5.91 Å². The molecule has 86 heavy (non-hydrogen) atoms. The average molecular weight is 1220 g/mol. The van der Waals surface area contributed by atoms with Gasteiger partial charge in [0, 0.05) is 12.8 Å². The fraction of sp³-hybridized carbons (Fsp3) is 0.975. The van der Waals surface area contributed by atoms with Crippen molar-refractivity contribution < 1.29 is 24.5 Å². The lowest BCUT2D eigenvalue weighted by atomic mass is 10.0. The van der Waals surface area contributed by atoms with E-state index in [2.05, 4.69) is 19.2 Å². The molecule has 0 rings (SSSR count). The normalized spacial score (nSPS) is 12.4. The third kappa shape index (κ3) is 71.9. The van der Waals surface area contributed by atoms with Gasteiger partial charge in [0.25, 0.3) is 0 Å². The molecule has 0 aromatic heterocycles. The van der Waals surface area contributed by atoms with Crippen LogP contribution >= 0.6 is 0 Å². The molecule has 0 aromatic carbocycles. The maximum Gasteiger partial charge on any atom is 0.305 e. The van der Waals surface area contributed by atoms with Gasteiger partial charge in [-0.15, -0.1) is 0 Å². The van der Waals surface area contributed by atoms with E-state index in [1.807, 2.05) is 0 Å². The van der Waals surface area contributed by atoms with Crippen LogP contribution in [-0.4, -0.2) is 47.4 Å². The summed E-state index contributed by atoms with van der Waals surface area (Å²) < 4.78 is 5.52. The molecule has 0 aromatic rings. The summed E-state index contributed by atoms with van der Waals surface area (Å²) in [5.74, 6) is 0.00107. The highest BCUT2D eigenvalue weighted by molar-refractivity contribution is 5.76. The second-order valence-electron chi connectivity index (χ2n) is 28.1. The number of aliphatic hydroxyl groups is 2. The summed E-state index contributed by atoms with van der Waals surface area (Å²) in [6.45, 7) is 5.02. The Hall–Kier alpha value is -1.14. The number of carbonyl (C=O) groups is 2. The van der Waals surface area contributed by atoms with Crippen molar-refractivity contribution in [2.75, 3.05) is 13.2 Å². The second-order valence-corrected chi connectivity index (χ2v) is 28.1. The molecular formula is C80H159NO5. The second kappa shape index (κ2) is 76.3. The highest BCUT2D eigenvalue weighted by Gasteiger charge is 2.20. The van der Waals surface area contributed by atoms with Crippen molar-refractivity contribution >= 4 is 11.9 Å². The van der Waals surface area contributed by atoms with E-state index >= 15 is 0 Å². The number of unbranched alkanes of at least 4 members (excludes halogenated alkanes) is 66. The van der Waals surface area contributed by atoms with Crippen LogP contribution in [0.3, 0.4) is 0 Å². The van der Waals surface area contributed by atoms with E-state index in [9.17, 15) is 19.8 Å². The fourth-order valence-corrected chi connectivity index (χ4v) is 13.3. The lowest BCUT2D eigenvalue weighted by Crippen LogP contribution is -2.45. The summed E-state index contributed by atoms with van der Waals surface area (Å²) in [4.78, 5) is 24.7. The molecule has 6 heteroatoms. The average Bonchev–Trinajstić information content (AvgIpc) is 3.59. The van der Waals surface area contributed by atoms with E-state index in [4.69, 9.17) is 4.74 Å². The van der Waals surface area contributed by atoms with E-state index in [-0.39, 0.29) is 18.5 Å². The first-order valence-electron chi connectivity index (χ1n) is 40.3. The number of carbonyl (C=O) groups excluding carboxylic acids is 2. The molecule has 0 bridgehead atoms. The molecule has 3 N–H and O–H groups in total. The Balaban J connectivity index is 3.32. The van der Waals surface area contributed by atoms with Crippen LogP contribution in [0.15, 0.2) is 0 Å². The van der Waals surface area contributed by atoms with Gasteiger partial charge in [-0.05, 0) is 25.7 Å². The Morgan fingerprint density at radius 2 is 0.477 bits per heavy atom. The first-order chi connectivity index (χ1) is 42.5. The number of aliphatic hydroxyl groups excluding tert-OH is 2. The summed E-state index contributed by atoms with van der Waals surface area (Å²) in [6, 6.07) is -0.539. The zero-order chi connectivity index (χ0) is 62.0. The van der Waals surface area contributed by atoms with Gasteiger partial charge < -0.3 is 20.3 Å². The third-order valence-corrected chi connectivity index (χ3v) is 19.4. The first kappa shape index (κ1) is 84.9. The zero-order valence-corrected chi connectivity index (χ0v) is 59.1. The molecule has 514 valence electrons. The number of rotatable bonds is 77. The van der Waals surface area contributed by atoms with Gasteiger partial charge in [-0.25, -0.2) is 0 Å². The molecular weight excluding hydrogens is 1050 g/mol. The lowest BCUT2D eigenvalue weighted by molar-refractivity contribution is -0.143. The van der Waals surface area contributed by atoms with Gasteiger partial charge in [0.05, 0.1) is 25.4 Å². The molecule has 0 spiro atoms. The van der Waals surface area contributed by atoms with Gasteiger partial charge >= 0.3 is 5.97 Å². The van der Waals surface area contributed by atoms with Crippen molar-refractivity contribution in [2.45, 2.75) is 488 Å². The van der Waals surface area contributed by atoms with Crippen molar-refractivity contribution in [3.8, 4) is 0 Å². The molecule has 1 amide bonds. The van der Waals surface area contributed by atoms with Gasteiger partial charge in [-0.3, -0.25) is 9.59 Å². The minimum absolute atomic E-state index is 0.0247. The zero-order valence-electron chi connectivity index (χ0n) is 59.1. The third-order valence-electron chi connectivity index (χ3n) is 19.4. The molecule has 0 saturated heterocycles. The standard InChI is InChI=1S/C80H159NO5/c1-3-5-7-9-11-13-15-17-19-21-22-23-34-37-41-44-48-52-56-60-64-68-72-78(83)77(76-82)81-79(84)73-69-65-61-57-53-49-45-42-38-35-32-30-28-26-24-25-27-29-31-33-36-39-43-47-51-55-59-63-67-71-75-86-80(85)74-70-66-62-58-54-50-46-40-20-18-16-14-12-10-8-6-4-2/h77-78,82-83H,3-76H2,1-2H3,(H,81,84). The van der Waals surface area contributed by atoms with E-state index in [0.717, 1.165) is 38.5 Å². The lowest BCUT2D eigenvalue weighted by Gasteiger charge is -2.22. The summed E-state index contributed by atoms with van der Waals surface area (Å²) in [7, 11) is 0. The minimum Gasteiger partial charge on any atom is -0.466 e. The van der Waals surface area contributed by atoms with Crippen molar-refractivity contribution in [1.82, 2.24) is 5.32 Å². The molecule has 0 radical (unpaired) electrons. The van der Waals surface area contributed by atoms with E-state index in [1.54, 1.807) is 0 Å². The molecule has 6 nitrogen and oxygen atoms in total. The topological polar surface area (TPSA) is 95.9 Å². The molecule has 0 aliphatic heterocycles. The van der Waals surface area contributed by atoms with Crippen LogP contribution in [0.4, 0.5) is 0 Å². The number of ether oxygens (including phenoxy) is 1. The summed E-state index contributed by atoms with van der Waals surface area (Å²) in [6.07, 6.45) is 94.8. The number of esters is 1. The molecule has 0 saturated carbocycles. The quantitative estimate of drug-likeness (QED) is 0.0417. The van der Waals surface area contributed by atoms with Gasteiger partial charge in [0.15, 0.2) is 0 Å². The van der Waals surface area contributed by atoms with Crippen LogP contribution in [0, 0.1) is 0 Å². The summed E-state index contributed by atoms with van der Waals surface area (Å²) in [5.41, 5.74) is 0. The Kier molecular flexibility index (Phi) is 75.3. The Labute approximate surface area is 540 Å². The predicted octanol–water partition coefficient (Wildman–Crippen LogP) is 26.5. The van der Waals surface area contributed by atoms with Crippen LogP contribution in [0.1, 0.15) is 476 Å². The van der Waals surface area contributed by atoms with Crippen LogP contribution in [-0.2, 0) is 14.3 Å². The molecule has 0 heterocycles. The van der Waals surface area contributed by atoms with Crippen LogP contribution in [0.5, 0.6) is 0 Å². The van der Waals surface area contributed by atoms with Crippen LogP contribution in [0.2, 0.25) is 0 Å². The number of amides is 1. The molecule has 2 atom stereocenters. The number of hydrogen-bond acceptors (Lipinski definition) is 5. The Morgan fingerprint density at radius 3 is 0.709 bits per heavy atom. The van der Waals surface area contributed by atoms with Gasteiger partial charge in [0.1, 0.15) is 0 Å². The summed E-state index contributed by atoms with van der Waals surface area (Å²) in [5, 5.41) is 23.5. The molecule has 0 aliphatic carbocycles. The van der Waals surface area contributed by atoms with Gasteiger partial charge in [-0.1, -0.05) is 438 Å². The van der Waals surface area contributed by atoms with Crippen LogP contribution < -0.4 is 5.32 Å². The monoisotopic (exact) mass is 1210 g/mol. The Morgan fingerprint density at radius 1 is 0.279 bits per heavy atom. The largest absolute Gasteiger partial charge is 0.466 e. The van der Waals surface area contributed by atoms with E-state index in [0.29, 0.717) is 25.9 Å². The smallest absolute Gasteiger partial charge is 0.305 e. The van der Waals surface area contributed by atoms with Crippen molar-refractivity contribution in [2.24, 2.45) is 0 Å². The Bertz CT molecular complexity index is 1260. The maximum atomic E-state index is 12.6. The fourth-order valence-electron chi connectivity index (χ4n) is 13.3. The van der Waals surface area contributed by atoms with E-state index < -0.39 is 12.1 Å². The maximum absolute atomic E-state index is 12.6. The SMILES string of the molecule is CCCCCCCCCCCCCCCCCCCCCCCCC(O)C(CO)NC(=O)CCCCCCCCCCCCCCCCCCCCCCCCCCCCCCCCOC(=O)CCCCCCCCCCCCCCCCCCC. The highest BCUT2D eigenvalue weighted by Crippen LogP contribution is 2.21. The highest BCUT2D eigenvalue weighted by atomic mass is 16.5. The number of nitrogens with one attached hydrogen (secondary N) is 1. The van der Waals surface area contributed by atoms with Crippen molar-refractivity contribution in [1.29, 1.82) is 0 Å². The molecule has 0 aliphatic rings. The first-order valence-corrected chi connectivity index (χ1v) is 40.3. The minimum atomic E-state index is -0.662. The molecule has 2 unspecified atom stereocenters. The van der Waals surface area contributed by atoms with Crippen molar-refractivity contribution in [3.05, 3.63) is 0 Å². The van der Waals surface area contributed by atoms with Gasteiger partial charge in [-0.2, -0.15) is 0 Å². The predicted molar refractivity (Wildman–Crippen MR) is 380 cm³/mol. The van der Waals surface area contributed by atoms with Crippen LogP contribution in [0.25, 0.3) is 0 Å².